The van der Waals surface area contributed by atoms with Gasteiger partial charge in [-0.25, -0.2) is 0 Å². The zero-order valence-electron chi connectivity index (χ0n) is 10.0. The molecule has 1 aliphatic heterocycles. The van der Waals surface area contributed by atoms with Gasteiger partial charge in [0, 0.05) is 6.04 Å². The van der Waals surface area contributed by atoms with Crippen LogP contribution in [0.4, 0.5) is 0 Å². The van der Waals surface area contributed by atoms with Crippen LogP contribution < -0.4 is 5.32 Å². The lowest BCUT2D eigenvalue weighted by Crippen LogP contribution is -2.51. The highest BCUT2D eigenvalue weighted by Crippen LogP contribution is 2.32. The predicted molar refractivity (Wildman–Crippen MR) is 64.9 cm³/mol. The topological polar surface area (TPSA) is 42.2 Å². The number of fused-ring (bicyclic) bond motifs is 1. The summed E-state index contributed by atoms with van der Waals surface area (Å²) >= 11 is 0. The van der Waals surface area contributed by atoms with Gasteiger partial charge in [0.15, 0.2) is 5.78 Å². The molecule has 17 heavy (non-hydrogen) atoms. The molecule has 0 aromatic carbocycles. The number of rotatable bonds is 2. The molecule has 3 rings (SSSR count). The smallest absolute Gasteiger partial charge is 0.182 e. The van der Waals surface area contributed by atoms with Crippen LogP contribution in [0.5, 0.6) is 0 Å². The van der Waals surface area contributed by atoms with E-state index < -0.39 is 0 Å². The van der Waals surface area contributed by atoms with Gasteiger partial charge < -0.3 is 9.73 Å². The summed E-state index contributed by atoms with van der Waals surface area (Å²) in [5.74, 6) is 1.000. The summed E-state index contributed by atoms with van der Waals surface area (Å²) in [6, 6.07) is 2.34. The third-order valence-corrected chi connectivity index (χ3v) is 4.27. The maximum atomic E-state index is 12.2. The molecule has 92 valence electrons. The van der Waals surface area contributed by atoms with Gasteiger partial charge in [-0.2, -0.15) is 0 Å². The number of hydrogen-bond acceptors (Lipinski definition) is 3. The summed E-state index contributed by atoms with van der Waals surface area (Å²) in [7, 11) is 0. The SMILES string of the molecule is O=C(c1ccoc1)C1CCC2CCCCC2N1. The molecule has 1 saturated heterocycles. The molecular weight excluding hydrogens is 214 g/mol. The van der Waals surface area contributed by atoms with Gasteiger partial charge in [-0.1, -0.05) is 12.8 Å². The number of carbonyl (C=O) groups excluding carboxylic acids is 1. The van der Waals surface area contributed by atoms with Crippen molar-refractivity contribution in [3.63, 3.8) is 0 Å². The van der Waals surface area contributed by atoms with Crippen molar-refractivity contribution in [2.45, 2.75) is 50.6 Å². The van der Waals surface area contributed by atoms with Crippen molar-refractivity contribution < 1.29 is 9.21 Å². The number of ketones is 1. The summed E-state index contributed by atoms with van der Waals surface area (Å²) in [5, 5.41) is 3.55. The summed E-state index contributed by atoms with van der Waals surface area (Å²) in [6.45, 7) is 0. The van der Waals surface area contributed by atoms with Crippen LogP contribution >= 0.6 is 0 Å². The Kier molecular flexibility index (Phi) is 3.02. The molecule has 0 amide bonds. The van der Waals surface area contributed by atoms with Gasteiger partial charge in [0.1, 0.15) is 6.26 Å². The van der Waals surface area contributed by atoms with E-state index in [-0.39, 0.29) is 11.8 Å². The molecule has 2 aliphatic rings. The van der Waals surface area contributed by atoms with Gasteiger partial charge in [0.2, 0.25) is 0 Å². The van der Waals surface area contributed by atoms with Gasteiger partial charge in [0.05, 0.1) is 17.9 Å². The van der Waals surface area contributed by atoms with Crippen LogP contribution in [0.2, 0.25) is 0 Å². The first-order valence-electron chi connectivity index (χ1n) is 6.67. The van der Waals surface area contributed by atoms with Crippen LogP contribution in [0.25, 0.3) is 0 Å². The minimum Gasteiger partial charge on any atom is -0.472 e. The van der Waals surface area contributed by atoms with Gasteiger partial charge in [0.25, 0.3) is 0 Å². The van der Waals surface area contributed by atoms with Gasteiger partial charge in [-0.3, -0.25) is 4.79 Å². The molecule has 3 unspecified atom stereocenters. The van der Waals surface area contributed by atoms with E-state index in [1.165, 1.54) is 32.1 Å². The van der Waals surface area contributed by atoms with Crippen molar-refractivity contribution in [3.8, 4) is 0 Å². The van der Waals surface area contributed by atoms with Crippen LogP contribution in [0.3, 0.4) is 0 Å². The Morgan fingerprint density at radius 1 is 1.24 bits per heavy atom. The quantitative estimate of drug-likeness (QED) is 0.799. The third kappa shape index (κ3) is 2.16. The average molecular weight is 233 g/mol. The standard InChI is InChI=1S/C14H19NO2/c16-14(11-7-8-17-9-11)13-6-5-10-3-1-2-4-12(10)15-13/h7-10,12-13,15H,1-6H2. The van der Waals surface area contributed by atoms with E-state index in [1.807, 2.05) is 0 Å². The first-order chi connectivity index (χ1) is 8.34. The lowest BCUT2D eigenvalue weighted by Gasteiger charge is -2.39. The second-order valence-corrected chi connectivity index (χ2v) is 5.32. The van der Waals surface area contributed by atoms with Crippen molar-refractivity contribution in [3.05, 3.63) is 24.2 Å². The van der Waals surface area contributed by atoms with Crippen molar-refractivity contribution in [2.24, 2.45) is 5.92 Å². The Labute approximate surface area is 102 Å². The number of piperidine rings is 1. The Hall–Kier alpha value is -1.09. The molecule has 1 aromatic rings. The predicted octanol–water partition coefficient (Wildman–Crippen LogP) is 2.77. The van der Waals surface area contributed by atoms with E-state index in [9.17, 15) is 4.79 Å². The average Bonchev–Trinajstić information content (AvgIpc) is 2.91. The molecule has 1 N–H and O–H groups in total. The van der Waals surface area contributed by atoms with E-state index in [0.29, 0.717) is 11.6 Å². The molecule has 0 bridgehead atoms. The molecule has 3 nitrogen and oxygen atoms in total. The normalized spacial score (nSPS) is 33.1. The summed E-state index contributed by atoms with van der Waals surface area (Å²) in [4.78, 5) is 12.2. The second-order valence-electron chi connectivity index (χ2n) is 5.32. The van der Waals surface area contributed by atoms with E-state index in [0.717, 1.165) is 12.3 Å². The molecule has 1 aromatic heterocycles. The summed E-state index contributed by atoms with van der Waals surface area (Å²) < 4.78 is 4.98. The van der Waals surface area contributed by atoms with E-state index >= 15 is 0 Å². The first kappa shape index (κ1) is 11.0. The minimum atomic E-state index is 0.00644. The van der Waals surface area contributed by atoms with Crippen LogP contribution in [0, 0.1) is 5.92 Å². The zero-order chi connectivity index (χ0) is 11.7. The number of hydrogen-bond donors (Lipinski definition) is 1. The number of Topliss-reactive ketones (excluding diaryl/α,β-unsaturated/α-hetero) is 1. The first-order valence-corrected chi connectivity index (χ1v) is 6.67. The van der Waals surface area contributed by atoms with Gasteiger partial charge >= 0.3 is 0 Å². The fraction of sp³-hybridized carbons (Fsp3) is 0.643. The molecule has 3 heteroatoms. The monoisotopic (exact) mass is 233 g/mol. The molecule has 2 fully saturated rings. The summed E-state index contributed by atoms with van der Waals surface area (Å²) in [6.07, 6.45) is 10.5. The van der Waals surface area contributed by atoms with E-state index in [2.05, 4.69) is 5.32 Å². The van der Waals surface area contributed by atoms with Gasteiger partial charge in [-0.15, -0.1) is 0 Å². The van der Waals surface area contributed by atoms with Crippen molar-refractivity contribution >= 4 is 5.78 Å². The van der Waals surface area contributed by atoms with Crippen LogP contribution in [-0.4, -0.2) is 17.9 Å². The van der Waals surface area contributed by atoms with Gasteiger partial charge in [-0.05, 0) is 37.7 Å². The highest BCUT2D eigenvalue weighted by Gasteiger charge is 2.34. The molecule has 0 radical (unpaired) electrons. The fourth-order valence-corrected chi connectivity index (χ4v) is 3.31. The maximum Gasteiger partial charge on any atom is 0.182 e. The zero-order valence-corrected chi connectivity index (χ0v) is 10.0. The molecular formula is C14H19NO2. The summed E-state index contributed by atoms with van der Waals surface area (Å²) in [5.41, 5.74) is 0.705. The molecule has 1 saturated carbocycles. The fourth-order valence-electron chi connectivity index (χ4n) is 3.31. The Bertz CT molecular complexity index is 385. The molecule has 3 atom stereocenters. The Morgan fingerprint density at radius 2 is 2.12 bits per heavy atom. The van der Waals surface area contributed by atoms with Crippen LogP contribution in [0.1, 0.15) is 48.9 Å². The number of nitrogens with one attached hydrogen (secondary N) is 1. The number of carbonyl (C=O) groups is 1. The minimum absolute atomic E-state index is 0.00644. The highest BCUT2D eigenvalue weighted by molar-refractivity contribution is 5.99. The molecule has 0 spiro atoms. The van der Waals surface area contributed by atoms with Crippen molar-refractivity contribution in [1.29, 1.82) is 0 Å². The van der Waals surface area contributed by atoms with Crippen LogP contribution in [-0.2, 0) is 0 Å². The van der Waals surface area contributed by atoms with Crippen LogP contribution in [0.15, 0.2) is 23.0 Å². The third-order valence-electron chi connectivity index (χ3n) is 4.27. The van der Waals surface area contributed by atoms with Crippen molar-refractivity contribution in [2.75, 3.05) is 0 Å². The number of furan rings is 1. The largest absolute Gasteiger partial charge is 0.472 e. The molecule has 2 heterocycles. The highest BCUT2D eigenvalue weighted by atomic mass is 16.3. The molecule has 1 aliphatic carbocycles. The van der Waals surface area contributed by atoms with E-state index in [1.54, 1.807) is 18.6 Å². The van der Waals surface area contributed by atoms with E-state index in [4.69, 9.17) is 4.42 Å². The maximum absolute atomic E-state index is 12.2. The second kappa shape index (κ2) is 4.65. The lowest BCUT2D eigenvalue weighted by molar-refractivity contribution is 0.0861. The van der Waals surface area contributed by atoms with Crippen molar-refractivity contribution in [1.82, 2.24) is 5.32 Å². The Morgan fingerprint density at radius 3 is 2.94 bits per heavy atom. The lowest BCUT2D eigenvalue weighted by atomic mass is 9.77. The Balaban J connectivity index is 1.67.